The number of benzene rings is 1. The third-order valence-electron chi connectivity index (χ3n) is 3.05. The van der Waals surface area contributed by atoms with E-state index in [0.717, 1.165) is 13.0 Å². The molecule has 0 saturated heterocycles. The van der Waals surface area contributed by atoms with Gasteiger partial charge in [0.1, 0.15) is 5.82 Å². The average Bonchev–Trinajstić information content (AvgIpc) is 2.95. The van der Waals surface area contributed by atoms with Gasteiger partial charge in [-0.25, -0.2) is 9.37 Å². The molecule has 0 aliphatic carbocycles. The van der Waals surface area contributed by atoms with E-state index < -0.39 is 0 Å². The Morgan fingerprint density at radius 2 is 2.19 bits per heavy atom. The topological polar surface area (TPSA) is 66.5 Å². The number of hydrogen-bond acceptors (Lipinski definition) is 4. The summed E-state index contributed by atoms with van der Waals surface area (Å²) < 4.78 is 14.7. The summed E-state index contributed by atoms with van der Waals surface area (Å²) in [4.78, 5) is 8.78. The molecule has 2 aromatic heterocycles. The molecule has 2 N–H and O–H groups in total. The summed E-state index contributed by atoms with van der Waals surface area (Å²) in [5.74, 6) is 0.114. The first kappa shape index (κ1) is 13.9. The van der Waals surface area contributed by atoms with Gasteiger partial charge in [0.05, 0.1) is 21.7 Å². The zero-order chi connectivity index (χ0) is 14.8. The maximum Gasteiger partial charge on any atom is 0.225 e. The molecule has 0 amide bonds. The molecule has 3 aromatic rings. The van der Waals surface area contributed by atoms with Crippen LogP contribution in [0.2, 0.25) is 0 Å². The molecule has 2 heterocycles. The highest BCUT2D eigenvalue weighted by Gasteiger charge is 2.16. The Morgan fingerprint density at radius 3 is 3.00 bits per heavy atom. The molecule has 0 aliphatic heterocycles. The molecule has 1 aromatic carbocycles. The van der Waals surface area contributed by atoms with Crippen molar-refractivity contribution in [3.8, 4) is 11.3 Å². The Kier molecular flexibility index (Phi) is 3.83. The van der Waals surface area contributed by atoms with E-state index in [4.69, 9.17) is 0 Å². The Morgan fingerprint density at radius 1 is 1.33 bits per heavy atom. The van der Waals surface area contributed by atoms with Crippen LogP contribution in [0.3, 0.4) is 0 Å². The smallest absolute Gasteiger partial charge is 0.225 e. The molecule has 3 rings (SSSR count). The van der Waals surface area contributed by atoms with Crippen LogP contribution < -0.4 is 5.32 Å². The summed E-state index contributed by atoms with van der Waals surface area (Å²) in [6.07, 6.45) is 2.56. The minimum atomic E-state index is -0.347. The number of aromatic amines is 1. The van der Waals surface area contributed by atoms with Crippen molar-refractivity contribution in [2.45, 2.75) is 13.3 Å². The maximum absolute atomic E-state index is 14.3. The lowest BCUT2D eigenvalue weighted by atomic mass is 10.1. The fourth-order valence-corrected chi connectivity index (χ4v) is 2.41. The van der Waals surface area contributed by atoms with Crippen molar-refractivity contribution in [1.82, 2.24) is 20.2 Å². The number of fused-ring (bicyclic) bond motifs is 1. The zero-order valence-electron chi connectivity index (χ0n) is 11.3. The van der Waals surface area contributed by atoms with E-state index in [0.29, 0.717) is 32.7 Å². The lowest BCUT2D eigenvalue weighted by molar-refractivity contribution is 0.624. The predicted octanol–water partition coefficient (Wildman–Crippen LogP) is 3.74. The van der Waals surface area contributed by atoms with Gasteiger partial charge in [0.15, 0.2) is 5.65 Å². The molecular weight excluding hydrogens is 337 g/mol. The number of rotatable bonds is 4. The van der Waals surface area contributed by atoms with Gasteiger partial charge in [-0.3, -0.25) is 5.10 Å². The van der Waals surface area contributed by atoms with Gasteiger partial charge >= 0.3 is 0 Å². The Labute approximate surface area is 129 Å². The third kappa shape index (κ3) is 2.61. The monoisotopic (exact) mass is 349 g/mol. The summed E-state index contributed by atoms with van der Waals surface area (Å²) in [6.45, 7) is 2.80. The first-order valence-electron chi connectivity index (χ1n) is 6.60. The molecule has 0 saturated carbocycles. The first-order chi connectivity index (χ1) is 10.2. The second kappa shape index (κ2) is 5.77. The van der Waals surface area contributed by atoms with Crippen molar-refractivity contribution in [2.24, 2.45) is 0 Å². The largest absolute Gasteiger partial charge is 0.354 e. The van der Waals surface area contributed by atoms with Crippen LogP contribution in [0.5, 0.6) is 0 Å². The van der Waals surface area contributed by atoms with E-state index in [1.807, 2.05) is 0 Å². The highest BCUT2D eigenvalue weighted by molar-refractivity contribution is 9.10. The van der Waals surface area contributed by atoms with Crippen molar-refractivity contribution >= 4 is 32.9 Å². The summed E-state index contributed by atoms with van der Waals surface area (Å²) in [6, 6.07) is 5.12. The van der Waals surface area contributed by atoms with E-state index in [9.17, 15) is 4.39 Å². The van der Waals surface area contributed by atoms with Crippen LogP contribution in [0.25, 0.3) is 22.3 Å². The first-order valence-corrected chi connectivity index (χ1v) is 7.39. The molecule has 21 heavy (non-hydrogen) atoms. The minimum absolute atomic E-state index is 0.347. The van der Waals surface area contributed by atoms with E-state index in [1.165, 1.54) is 0 Å². The van der Waals surface area contributed by atoms with Crippen molar-refractivity contribution in [1.29, 1.82) is 0 Å². The Bertz CT molecular complexity index is 786. The second-order valence-corrected chi connectivity index (χ2v) is 5.41. The van der Waals surface area contributed by atoms with Crippen LogP contribution in [-0.2, 0) is 0 Å². The summed E-state index contributed by atoms with van der Waals surface area (Å²) in [7, 11) is 0. The van der Waals surface area contributed by atoms with Crippen LogP contribution >= 0.6 is 15.9 Å². The lowest BCUT2D eigenvalue weighted by Gasteiger charge is -2.08. The van der Waals surface area contributed by atoms with Gasteiger partial charge in [-0.2, -0.15) is 10.1 Å². The van der Waals surface area contributed by atoms with Gasteiger partial charge in [0.25, 0.3) is 0 Å². The highest BCUT2D eigenvalue weighted by Crippen LogP contribution is 2.31. The number of nitrogens with one attached hydrogen (secondary N) is 2. The number of anilines is 1. The normalized spacial score (nSPS) is 11.0. The second-order valence-electron chi connectivity index (χ2n) is 4.56. The van der Waals surface area contributed by atoms with Gasteiger partial charge in [-0.15, -0.1) is 0 Å². The van der Waals surface area contributed by atoms with Gasteiger partial charge in [0.2, 0.25) is 5.95 Å². The number of hydrogen-bond donors (Lipinski definition) is 2. The molecule has 0 spiro atoms. The van der Waals surface area contributed by atoms with Gasteiger partial charge in [0, 0.05) is 12.1 Å². The standard InChI is InChI=1S/C14H13BrFN5/c1-2-6-17-14-19-12(9-7-18-21-13(9)20-14)8-4-3-5-10(15)11(8)16/h3-5,7H,2,6H2,1H3,(H2,17,18,19,20,21). The van der Waals surface area contributed by atoms with Crippen LogP contribution in [0.4, 0.5) is 10.3 Å². The molecule has 7 heteroatoms. The van der Waals surface area contributed by atoms with Crippen molar-refractivity contribution in [3.05, 3.63) is 34.7 Å². The SMILES string of the molecule is CCCNc1nc(-c2cccc(Br)c2F)c2cn[nH]c2n1. The number of H-pyrrole nitrogens is 1. The molecule has 0 aliphatic rings. The zero-order valence-corrected chi connectivity index (χ0v) is 12.9. The minimum Gasteiger partial charge on any atom is -0.354 e. The van der Waals surface area contributed by atoms with Crippen molar-refractivity contribution in [2.75, 3.05) is 11.9 Å². The van der Waals surface area contributed by atoms with E-state index in [2.05, 4.69) is 48.3 Å². The third-order valence-corrected chi connectivity index (χ3v) is 3.66. The van der Waals surface area contributed by atoms with Crippen LogP contribution in [0.15, 0.2) is 28.9 Å². The molecule has 0 bridgehead atoms. The summed E-state index contributed by atoms with van der Waals surface area (Å²) in [5.41, 5.74) is 1.52. The lowest BCUT2D eigenvalue weighted by Crippen LogP contribution is -2.05. The Balaban J connectivity index is 2.20. The van der Waals surface area contributed by atoms with Crippen LogP contribution in [0, 0.1) is 5.82 Å². The molecule has 0 radical (unpaired) electrons. The molecule has 108 valence electrons. The Hall–Kier alpha value is -2.02. The average molecular weight is 350 g/mol. The molecule has 0 fully saturated rings. The predicted molar refractivity (Wildman–Crippen MR) is 83.6 cm³/mol. The fraction of sp³-hybridized carbons (Fsp3) is 0.214. The molecule has 5 nitrogen and oxygen atoms in total. The van der Waals surface area contributed by atoms with E-state index >= 15 is 0 Å². The van der Waals surface area contributed by atoms with Crippen LogP contribution in [0.1, 0.15) is 13.3 Å². The molecular formula is C14H13BrFN5. The molecule has 0 unspecified atom stereocenters. The van der Waals surface area contributed by atoms with E-state index in [1.54, 1.807) is 24.4 Å². The maximum atomic E-state index is 14.3. The van der Waals surface area contributed by atoms with Crippen LogP contribution in [-0.4, -0.2) is 26.7 Å². The number of halogens is 2. The van der Waals surface area contributed by atoms with E-state index in [-0.39, 0.29) is 5.82 Å². The van der Waals surface area contributed by atoms with Gasteiger partial charge < -0.3 is 5.32 Å². The summed E-state index contributed by atoms with van der Waals surface area (Å²) in [5, 5.41) is 10.6. The quantitative estimate of drug-likeness (QED) is 0.752. The summed E-state index contributed by atoms with van der Waals surface area (Å²) >= 11 is 3.20. The number of nitrogens with zero attached hydrogens (tertiary/aromatic N) is 3. The molecule has 0 atom stereocenters. The fourth-order valence-electron chi connectivity index (χ4n) is 2.04. The highest BCUT2D eigenvalue weighted by atomic mass is 79.9. The van der Waals surface area contributed by atoms with Gasteiger partial charge in [-0.1, -0.05) is 13.0 Å². The van der Waals surface area contributed by atoms with Crippen molar-refractivity contribution < 1.29 is 4.39 Å². The van der Waals surface area contributed by atoms with Gasteiger partial charge in [-0.05, 0) is 34.5 Å². The van der Waals surface area contributed by atoms with Crippen molar-refractivity contribution in [3.63, 3.8) is 0 Å². The number of aromatic nitrogens is 4.